The molecule has 0 unspecified atom stereocenters. The van der Waals surface area contributed by atoms with E-state index in [4.69, 9.17) is 4.74 Å². The number of halogens is 1. The van der Waals surface area contributed by atoms with Crippen molar-refractivity contribution in [2.45, 2.75) is 32.4 Å². The lowest BCUT2D eigenvalue weighted by molar-refractivity contribution is 0.0600. The maximum atomic E-state index is 15.0. The van der Waals surface area contributed by atoms with Crippen LogP contribution in [-0.4, -0.2) is 62.6 Å². The summed E-state index contributed by atoms with van der Waals surface area (Å²) < 4.78 is 49.5. The van der Waals surface area contributed by atoms with Gasteiger partial charge >= 0.3 is 12.0 Å². The summed E-state index contributed by atoms with van der Waals surface area (Å²) in [5, 5.41) is 0. The normalized spacial score (nSPS) is 18.1. The summed E-state index contributed by atoms with van der Waals surface area (Å²) in [6.07, 6.45) is 0.655. The molecule has 4 rings (SSSR count). The van der Waals surface area contributed by atoms with Crippen LogP contribution in [-0.2, 0) is 27.5 Å². The highest BCUT2D eigenvalue weighted by atomic mass is 32.2. The third kappa shape index (κ3) is 4.86. The van der Waals surface area contributed by atoms with Gasteiger partial charge in [-0.15, -0.1) is 0 Å². The van der Waals surface area contributed by atoms with E-state index in [-0.39, 0.29) is 42.3 Å². The van der Waals surface area contributed by atoms with Crippen LogP contribution in [0.1, 0.15) is 35.3 Å². The number of anilines is 1. The lowest BCUT2D eigenvalue weighted by atomic mass is 10.0. The lowest BCUT2D eigenvalue weighted by Crippen LogP contribution is -2.50. The number of hydrogen-bond acceptors (Lipinski definition) is 6. The molecule has 2 aliphatic heterocycles. The number of hydrogen-bond donors (Lipinski definition) is 0. The fourth-order valence-electron chi connectivity index (χ4n) is 4.23. The molecule has 0 aromatic heterocycles. The molecular formula is C24H27FN2O6S. The van der Waals surface area contributed by atoms with Crippen molar-refractivity contribution in [3.8, 4) is 5.75 Å². The van der Waals surface area contributed by atoms with Crippen LogP contribution < -0.4 is 9.64 Å². The van der Waals surface area contributed by atoms with Gasteiger partial charge in [0.1, 0.15) is 17.2 Å². The standard InChI is InChI=1S/C24H27FN2O6S/c1-24(2)14-17-5-4-6-20(21(17)33-24)27(23(29)26-9-11-34(30,31)12-10-26)15-18-8-7-16(13-19(18)25)22(28)32-3/h4-8,13H,9-12,14-15H2,1-3H3. The Kier molecular flexibility index (Phi) is 6.28. The smallest absolute Gasteiger partial charge is 0.337 e. The van der Waals surface area contributed by atoms with Gasteiger partial charge in [0.05, 0.1) is 36.4 Å². The molecule has 10 heteroatoms. The fraction of sp³-hybridized carbons (Fsp3) is 0.417. The largest absolute Gasteiger partial charge is 0.485 e. The summed E-state index contributed by atoms with van der Waals surface area (Å²) >= 11 is 0. The second kappa shape index (κ2) is 8.90. The zero-order valence-electron chi connectivity index (χ0n) is 19.3. The molecule has 8 nitrogen and oxygen atoms in total. The quantitative estimate of drug-likeness (QED) is 0.612. The number of para-hydroxylation sites is 1. The van der Waals surface area contributed by atoms with Crippen LogP contribution in [0.5, 0.6) is 5.75 Å². The van der Waals surface area contributed by atoms with E-state index in [1.165, 1.54) is 29.0 Å². The topological polar surface area (TPSA) is 93.2 Å². The van der Waals surface area contributed by atoms with Crippen molar-refractivity contribution >= 4 is 27.5 Å². The zero-order chi connectivity index (χ0) is 24.7. The van der Waals surface area contributed by atoms with Crippen molar-refractivity contribution in [2.24, 2.45) is 0 Å². The van der Waals surface area contributed by atoms with Gasteiger partial charge in [0.15, 0.2) is 9.84 Å². The minimum absolute atomic E-state index is 0.0583. The average Bonchev–Trinajstić information content (AvgIpc) is 3.11. The van der Waals surface area contributed by atoms with Crippen LogP contribution in [0.2, 0.25) is 0 Å². The number of methoxy groups -OCH3 is 1. The van der Waals surface area contributed by atoms with Gasteiger partial charge in [0.25, 0.3) is 0 Å². The van der Waals surface area contributed by atoms with E-state index in [0.717, 1.165) is 11.6 Å². The summed E-state index contributed by atoms with van der Waals surface area (Å²) in [5.74, 6) is -1.01. The summed E-state index contributed by atoms with van der Waals surface area (Å²) in [7, 11) is -1.97. The second-order valence-electron chi connectivity index (χ2n) is 9.11. The molecule has 1 saturated heterocycles. The van der Waals surface area contributed by atoms with Crippen LogP contribution in [0, 0.1) is 5.82 Å². The maximum absolute atomic E-state index is 15.0. The molecular weight excluding hydrogens is 463 g/mol. The molecule has 0 N–H and O–H groups in total. The van der Waals surface area contributed by atoms with E-state index >= 15 is 0 Å². The number of amides is 2. The first-order valence-electron chi connectivity index (χ1n) is 10.9. The predicted octanol–water partition coefficient (Wildman–Crippen LogP) is 3.18. The monoisotopic (exact) mass is 490 g/mol. The Morgan fingerprint density at radius 2 is 1.88 bits per heavy atom. The molecule has 0 bridgehead atoms. The molecule has 2 aliphatic rings. The van der Waals surface area contributed by atoms with Crippen molar-refractivity contribution in [3.05, 3.63) is 58.9 Å². The number of sulfone groups is 1. The number of nitrogens with zero attached hydrogens (tertiary/aromatic N) is 2. The highest BCUT2D eigenvalue weighted by Gasteiger charge is 2.36. The SMILES string of the molecule is COC(=O)c1ccc(CN(C(=O)N2CCS(=O)(=O)CC2)c2cccc3c2OC(C)(C)C3)c(F)c1. The van der Waals surface area contributed by atoms with Gasteiger partial charge < -0.3 is 14.4 Å². The first-order chi connectivity index (χ1) is 16.0. The molecule has 2 amide bonds. The summed E-state index contributed by atoms with van der Waals surface area (Å²) in [4.78, 5) is 28.2. The molecule has 2 heterocycles. The Balaban J connectivity index is 1.71. The molecule has 34 heavy (non-hydrogen) atoms. The van der Waals surface area contributed by atoms with Crippen molar-refractivity contribution in [2.75, 3.05) is 36.6 Å². The van der Waals surface area contributed by atoms with Gasteiger partial charge in [0, 0.05) is 30.6 Å². The molecule has 0 saturated carbocycles. The van der Waals surface area contributed by atoms with Gasteiger partial charge in [-0.05, 0) is 32.0 Å². The highest BCUT2D eigenvalue weighted by molar-refractivity contribution is 7.91. The summed E-state index contributed by atoms with van der Waals surface area (Å²) in [6, 6.07) is 9.00. The van der Waals surface area contributed by atoms with Crippen LogP contribution >= 0.6 is 0 Å². The Bertz CT molecular complexity index is 1230. The molecule has 182 valence electrons. The van der Waals surface area contributed by atoms with E-state index in [9.17, 15) is 22.4 Å². The van der Waals surface area contributed by atoms with Crippen LogP contribution in [0.4, 0.5) is 14.9 Å². The number of carbonyl (C=O) groups excluding carboxylic acids is 2. The minimum atomic E-state index is -3.19. The van der Waals surface area contributed by atoms with Gasteiger partial charge in [-0.2, -0.15) is 0 Å². The van der Waals surface area contributed by atoms with E-state index in [1.807, 2.05) is 26.0 Å². The van der Waals surface area contributed by atoms with Crippen LogP contribution in [0.3, 0.4) is 0 Å². The maximum Gasteiger partial charge on any atom is 0.337 e. The van der Waals surface area contributed by atoms with Crippen molar-refractivity contribution in [1.29, 1.82) is 0 Å². The molecule has 0 spiro atoms. The number of carbonyl (C=O) groups is 2. The van der Waals surface area contributed by atoms with Crippen LogP contribution in [0.15, 0.2) is 36.4 Å². The van der Waals surface area contributed by atoms with Gasteiger partial charge in [-0.25, -0.2) is 22.4 Å². The third-order valence-corrected chi connectivity index (χ3v) is 7.62. The number of fused-ring (bicyclic) bond motifs is 1. The van der Waals surface area contributed by atoms with Crippen LogP contribution in [0.25, 0.3) is 0 Å². The van der Waals surface area contributed by atoms with Crippen molar-refractivity contribution in [1.82, 2.24) is 4.90 Å². The first kappa shape index (κ1) is 24.0. The first-order valence-corrected chi connectivity index (χ1v) is 12.8. The number of esters is 1. The predicted molar refractivity (Wildman–Crippen MR) is 124 cm³/mol. The van der Waals surface area contributed by atoms with Gasteiger partial charge in [0.2, 0.25) is 0 Å². The molecule has 0 aliphatic carbocycles. The van der Waals surface area contributed by atoms with E-state index < -0.39 is 33.3 Å². The molecule has 0 radical (unpaired) electrons. The number of urea groups is 1. The Labute approximate surface area is 198 Å². The molecule has 1 fully saturated rings. The van der Waals surface area contributed by atoms with E-state index in [1.54, 1.807) is 6.07 Å². The number of ether oxygens (including phenoxy) is 2. The Hall–Kier alpha value is -3.14. The Morgan fingerprint density at radius 1 is 1.18 bits per heavy atom. The second-order valence-corrected chi connectivity index (χ2v) is 11.4. The Morgan fingerprint density at radius 3 is 2.53 bits per heavy atom. The summed E-state index contributed by atoms with van der Waals surface area (Å²) in [6.45, 7) is 3.88. The zero-order valence-corrected chi connectivity index (χ0v) is 20.2. The van der Waals surface area contributed by atoms with Gasteiger partial charge in [-0.3, -0.25) is 4.90 Å². The molecule has 2 aromatic carbocycles. The third-order valence-electron chi connectivity index (χ3n) is 6.01. The van der Waals surface area contributed by atoms with Gasteiger partial charge in [-0.1, -0.05) is 18.2 Å². The van der Waals surface area contributed by atoms with E-state index in [2.05, 4.69) is 4.74 Å². The van der Waals surface area contributed by atoms with Crippen molar-refractivity contribution < 1.29 is 31.9 Å². The fourth-order valence-corrected chi connectivity index (χ4v) is 5.43. The highest BCUT2D eigenvalue weighted by Crippen LogP contribution is 2.43. The molecule has 0 atom stereocenters. The van der Waals surface area contributed by atoms with Crippen molar-refractivity contribution in [3.63, 3.8) is 0 Å². The lowest BCUT2D eigenvalue weighted by Gasteiger charge is -2.34. The number of rotatable bonds is 4. The average molecular weight is 491 g/mol. The molecule has 2 aromatic rings. The number of benzene rings is 2. The summed E-state index contributed by atoms with van der Waals surface area (Å²) in [5.41, 5.74) is 1.22. The van der Waals surface area contributed by atoms with E-state index in [0.29, 0.717) is 17.9 Å². The minimum Gasteiger partial charge on any atom is -0.485 e.